The maximum atomic E-state index is 12.1. The Kier molecular flexibility index (Phi) is 4.99. The topological polar surface area (TPSA) is 32.3 Å². The van der Waals surface area contributed by atoms with Crippen molar-refractivity contribution in [2.24, 2.45) is 0 Å². The SMILES string of the molecule is Cc1ccc(NC(=O)CC2CCCCN2C)cc1Br. The highest BCUT2D eigenvalue weighted by Gasteiger charge is 2.21. The van der Waals surface area contributed by atoms with Crippen molar-refractivity contribution in [3.05, 3.63) is 28.2 Å². The third kappa shape index (κ3) is 4.05. The number of carbonyl (C=O) groups excluding carboxylic acids is 1. The van der Waals surface area contributed by atoms with Crippen LogP contribution in [-0.4, -0.2) is 30.4 Å². The second-order valence-corrected chi connectivity index (χ2v) is 6.20. The standard InChI is InChI=1S/C15H21BrN2O/c1-11-6-7-12(9-14(11)16)17-15(19)10-13-5-3-4-8-18(13)2/h6-7,9,13H,3-5,8,10H2,1-2H3,(H,17,19). The minimum atomic E-state index is 0.106. The number of carbonyl (C=O) groups is 1. The van der Waals surface area contributed by atoms with Gasteiger partial charge in [-0.05, 0) is 51.1 Å². The number of aryl methyl sites for hydroxylation is 1. The van der Waals surface area contributed by atoms with E-state index in [-0.39, 0.29) is 5.91 Å². The van der Waals surface area contributed by atoms with E-state index in [0.717, 1.165) is 23.1 Å². The zero-order valence-corrected chi connectivity index (χ0v) is 13.2. The maximum absolute atomic E-state index is 12.1. The van der Waals surface area contributed by atoms with Gasteiger partial charge in [0.1, 0.15) is 0 Å². The van der Waals surface area contributed by atoms with Crippen molar-refractivity contribution in [2.45, 2.75) is 38.6 Å². The molecular weight excluding hydrogens is 304 g/mol. The number of piperidine rings is 1. The molecule has 1 aliphatic rings. The van der Waals surface area contributed by atoms with Crippen LogP contribution in [0.2, 0.25) is 0 Å². The van der Waals surface area contributed by atoms with Gasteiger partial charge >= 0.3 is 0 Å². The fourth-order valence-electron chi connectivity index (χ4n) is 2.50. The normalized spacial score (nSPS) is 20.3. The first-order valence-electron chi connectivity index (χ1n) is 6.82. The number of hydrogen-bond acceptors (Lipinski definition) is 2. The Morgan fingerprint density at radius 3 is 2.95 bits per heavy atom. The molecule has 1 amide bonds. The minimum absolute atomic E-state index is 0.106. The van der Waals surface area contributed by atoms with Crippen LogP contribution in [0.4, 0.5) is 5.69 Å². The number of nitrogens with one attached hydrogen (secondary N) is 1. The van der Waals surface area contributed by atoms with Crippen LogP contribution < -0.4 is 5.32 Å². The molecule has 1 heterocycles. The van der Waals surface area contributed by atoms with Crippen LogP contribution in [0.15, 0.2) is 22.7 Å². The van der Waals surface area contributed by atoms with Crippen molar-refractivity contribution >= 4 is 27.5 Å². The molecule has 1 aromatic rings. The molecule has 3 nitrogen and oxygen atoms in total. The molecule has 104 valence electrons. The average Bonchev–Trinajstić information content (AvgIpc) is 2.37. The van der Waals surface area contributed by atoms with Gasteiger partial charge in [-0.3, -0.25) is 4.79 Å². The summed E-state index contributed by atoms with van der Waals surface area (Å²) < 4.78 is 1.03. The maximum Gasteiger partial charge on any atom is 0.225 e. The molecule has 0 aliphatic carbocycles. The quantitative estimate of drug-likeness (QED) is 0.921. The van der Waals surface area contributed by atoms with Gasteiger partial charge in [-0.15, -0.1) is 0 Å². The van der Waals surface area contributed by atoms with Crippen molar-refractivity contribution in [2.75, 3.05) is 18.9 Å². The number of halogens is 1. The lowest BCUT2D eigenvalue weighted by molar-refractivity contribution is -0.117. The summed E-state index contributed by atoms with van der Waals surface area (Å²) >= 11 is 3.48. The summed E-state index contributed by atoms with van der Waals surface area (Å²) in [6, 6.07) is 6.30. The van der Waals surface area contributed by atoms with Gasteiger partial charge in [0, 0.05) is 22.6 Å². The van der Waals surface area contributed by atoms with Crippen LogP contribution in [0.5, 0.6) is 0 Å². The predicted octanol–water partition coefficient (Wildman–Crippen LogP) is 3.57. The Labute approximate surface area is 123 Å². The highest BCUT2D eigenvalue weighted by molar-refractivity contribution is 9.10. The van der Waals surface area contributed by atoms with Crippen molar-refractivity contribution in [1.29, 1.82) is 0 Å². The van der Waals surface area contributed by atoms with Gasteiger partial charge in [0.2, 0.25) is 5.91 Å². The molecule has 1 fully saturated rings. The molecule has 1 aromatic carbocycles. The zero-order chi connectivity index (χ0) is 13.8. The molecule has 0 aromatic heterocycles. The highest BCUT2D eigenvalue weighted by atomic mass is 79.9. The summed E-state index contributed by atoms with van der Waals surface area (Å²) in [6.45, 7) is 3.14. The molecule has 0 radical (unpaired) electrons. The number of hydrogen-bond donors (Lipinski definition) is 1. The van der Waals surface area contributed by atoms with Gasteiger partial charge < -0.3 is 10.2 Å². The fourth-order valence-corrected chi connectivity index (χ4v) is 2.88. The summed E-state index contributed by atoms with van der Waals surface area (Å²) in [5.41, 5.74) is 2.03. The van der Waals surface area contributed by atoms with Crippen LogP contribution >= 0.6 is 15.9 Å². The Morgan fingerprint density at radius 1 is 1.47 bits per heavy atom. The van der Waals surface area contributed by atoms with Crippen LogP contribution in [0.3, 0.4) is 0 Å². The minimum Gasteiger partial charge on any atom is -0.326 e. The molecule has 4 heteroatoms. The van der Waals surface area contributed by atoms with Gasteiger partial charge in [0.15, 0.2) is 0 Å². The summed E-state index contributed by atoms with van der Waals surface area (Å²) in [6.07, 6.45) is 4.20. The molecule has 0 bridgehead atoms. The number of anilines is 1. The van der Waals surface area contributed by atoms with E-state index < -0.39 is 0 Å². The number of nitrogens with zero attached hydrogens (tertiary/aromatic N) is 1. The van der Waals surface area contributed by atoms with Gasteiger partial charge in [-0.2, -0.15) is 0 Å². The largest absolute Gasteiger partial charge is 0.326 e. The first-order chi connectivity index (χ1) is 9.06. The number of rotatable bonds is 3. The molecule has 1 unspecified atom stereocenters. The molecule has 19 heavy (non-hydrogen) atoms. The van der Waals surface area contributed by atoms with E-state index in [1.54, 1.807) is 0 Å². The van der Waals surface area contributed by atoms with E-state index in [9.17, 15) is 4.79 Å². The van der Waals surface area contributed by atoms with Crippen molar-refractivity contribution in [1.82, 2.24) is 4.90 Å². The van der Waals surface area contributed by atoms with Gasteiger partial charge in [-0.1, -0.05) is 28.4 Å². The lowest BCUT2D eigenvalue weighted by atomic mass is 10.00. The van der Waals surface area contributed by atoms with Crippen LogP contribution in [0.25, 0.3) is 0 Å². The summed E-state index contributed by atoms with van der Waals surface area (Å²) in [4.78, 5) is 14.4. The third-order valence-corrected chi connectivity index (χ3v) is 4.65. The smallest absolute Gasteiger partial charge is 0.225 e. The molecule has 1 N–H and O–H groups in total. The number of amides is 1. The molecule has 1 aliphatic heterocycles. The van der Waals surface area contributed by atoms with E-state index in [1.807, 2.05) is 25.1 Å². The fraction of sp³-hybridized carbons (Fsp3) is 0.533. The first-order valence-corrected chi connectivity index (χ1v) is 7.62. The highest BCUT2D eigenvalue weighted by Crippen LogP contribution is 2.22. The first kappa shape index (κ1) is 14.5. The van der Waals surface area contributed by atoms with Gasteiger partial charge in [0.25, 0.3) is 0 Å². The van der Waals surface area contributed by atoms with Crippen molar-refractivity contribution < 1.29 is 4.79 Å². The van der Waals surface area contributed by atoms with E-state index in [0.29, 0.717) is 12.5 Å². The van der Waals surface area contributed by atoms with Crippen molar-refractivity contribution in [3.8, 4) is 0 Å². The van der Waals surface area contributed by atoms with Crippen LogP contribution in [0.1, 0.15) is 31.2 Å². The van der Waals surface area contributed by atoms with E-state index in [1.165, 1.54) is 18.4 Å². The molecule has 1 atom stereocenters. The van der Waals surface area contributed by atoms with Crippen molar-refractivity contribution in [3.63, 3.8) is 0 Å². The van der Waals surface area contributed by atoms with Crippen LogP contribution in [-0.2, 0) is 4.79 Å². The molecular formula is C15H21BrN2O. The second kappa shape index (κ2) is 6.53. The Morgan fingerprint density at radius 2 is 2.26 bits per heavy atom. The van der Waals surface area contributed by atoms with Gasteiger partial charge in [0.05, 0.1) is 0 Å². The summed E-state index contributed by atoms with van der Waals surface area (Å²) in [7, 11) is 2.11. The molecule has 0 spiro atoms. The zero-order valence-electron chi connectivity index (χ0n) is 11.6. The lowest BCUT2D eigenvalue weighted by Crippen LogP contribution is -2.38. The second-order valence-electron chi connectivity index (χ2n) is 5.35. The number of benzene rings is 1. The monoisotopic (exact) mass is 324 g/mol. The third-order valence-electron chi connectivity index (χ3n) is 3.80. The van der Waals surface area contributed by atoms with E-state index in [4.69, 9.17) is 0 Å². The predicted molar refractivity (Wildman–Crippen MR) is 82.4 cm³/mol. The van der Waals surface area contributed by atoms with Gasteiger partial charge in [-0.25, -0.2) is 0 Å². The summed E-state index contributed by atoms with van der Waals surface area (Å²) in [5, 5.41) is 2.98. The van der Waals surface area contributed by atoms with E-state index in [2.05, 4.69) is 33.2 Å². The lowest BCUT2D eigenvalue weighted by Gasteiger charge is -2.31. The summed E-state index contributed by atoms with van der Waals surface area (Å²) in [5.74, 6) is 0.106. The Hall–Kier alpha value is -0.870. The molecule has 2 rings (SSSR count). The Balaban J connectivity index is 1.91. The average molecular weight is 325 g/mol. The van der Waals surface area contributed by atoms with E-state index >= 15 is 0 Å². The Bertz CT molecular complexity index is 461. The molecule has 0 saturated carbocycles. The molecule has 1 saturated heterocycles. The number of likely N-dealkylation sites (tertiary alicyclic amines) is 1. The van der Waals surface area contributed by atoms with Crippen LogP contribution in [0, 0.1) is 6.92 Å².